The van der Waals surface area contributed by atoms with Gasteiger partial charge in [-0.25, -0.2) is 13.1 Å². The van der Waals surface area contributed by atoms with Crippen LogP contribution in [0.2, 0.25) is 0 Å². The normalized spacial score (nSPS) is 21.5. The first-order chi connectivity index (χ1) is 11.6. The lowest BCUT2D eigenvalue weighted by molar-refractivity contribution is 0.102. The summed E-state index contributed by atoms with van der Waals surface area (Å²) in [6, 6.07) is 16.6. The molecule has 0 spiro atoms. The van der Waals surface area contributed by atoms with Crippen molar-refractivity contribution in [2.24, 2.45) is 5.92 Å². The van der Waals surface area contributed by atoms with E-state index >= 15 is 0 Å². The Morgan fingerprint density at radius 1 is 1.00 bits per heavy atom. The predicted octanol–water partition coefficient (Wildman–Crippen LogP) is 3.18. The molecule has 1 saturated carbocycles. The molecular formula is C19H23NO3S. The maximum Gasteiger partial charge on any atom is 0.241 e. The lowest BCUT2D eigenvalue weighted by Crippen LogP contribution is -2.33. The van der Waals surface area contributed by atoms with E-state index in [-0.39, 0.29) is 12.0 Å². The van der Waals surface area contributed by atoms with E-state index in [2.05, 4.69) is 4.72 Å². The molecule has 0 aromatic heterocycles. The van der Waals surface area contributed by atoms with Crippen LogP contribution in [0.1, 0.15) is 25.7 Å². The summed E-state index contributed by atoms with van der Waals surface area (Å²) in [7, 11) is -3.59. The summed E-state index contributed by atoms with van der Waals surface area (Å²) in [6.45, 7) is 0.377. The first-order valence-electron chi connectivity index (χ1n) is 8.38. The van der Waals surface area contributed by atoms with Crippen LogP contribution in [0.4, 0.5) is 0 Å². The second-order valence-electron chi connectivity index (χ2n) is 6.40. The SMILES string of the molecule is O=S(=O)(NCC1CCCC(O)C1)c1ccccc1-c1ccccc1. The third kappa shape index (κ3) is 4.04. The van der Waals surface area contributed by atoms with Crippen molar-refractivity contribution < 1.29 is 13.5 Å². The third-order valence-electron chi connectivity index (χ3n) is 4.58. The highest BCUT2D eigenvalue weighted by atomic mass is 32.2. The Kier molecular flexibility index (Phi) is 5.33. The maximum atomic E-state index is 12.8. The Hall–Kier alpha value is -1.69. The van der Waals surface area contributed by atoms with E-state index in [1.54, 1.807) is 12.1 Å². The minimum atomic E-state index is -3.59. The maximum absolute atomic E-state index is 12.8. The highest BCUT2D eigenvalue weighted by molar-refractivity contribution is 7.89. The molecule has 2 unspecified atom stereocenters. The fourth-order valence-corrected chi connectivity index (χ4v) is 4.65. The van der Waals surface area contributed by atoms with Crippen LogP contribution in [0.5, 0.6) is 0 Å². The highest BCUT2D eigenvalue weighted by Crippen LogP contribution is 2.28. The van der Waals surface area contributed by atoms with Gasteiger partial charge in [0, 0.05) is 12.1 Å². The van der Waals surface area contributed by atoms with Crippen LogP contribution >= 0.6 is 0 Å². The molecule has 2 N–H and O–H groups in total. The van der Waals surface area contributed by atoms with Crippen molar-refractivity contribution in [3.8, 4) is 11.1 Å². The van der Waals surface area contributed by atoms with Crippen molar-refractivity contribution >= 4 is 10.0 Å². The van der Waals surface area contributed by atoms with E-state index in [9.17, 15) is 13.5 Å². The average Bonchev–Trinajstić information content (AvgIpc) is 2.61. The number of hydrogen-bond donors (Lipinski definition) is 2. The summed E-state index contributed by atoms with van der Waals surface area (Å²) in [5.41, 5.74) is 1.58. The van der Waals surface area contributed by atoms with E-state index in [4.69, 9.17) is 0 Å². The zero-order valence-electron chi connectivity index (χ0n) is 13.6. The van der Waals surface area contributed by atoms with Gasteiger partial charge in [0.05, 0.1) is 11.0 Å². The molecule has 24 heavy (non-hydrogen) atoms. The van der Waals surface area contributed by atoms with Gasteiger partial charge in [-0.15, -0.1) is 0 Å². The van der Waals surface area contributed by atoms with E-state index in [1.165, 1.54) is 0 Å². The summed E-state index contributed by atoms with van der Waals surface area (Å²) in [6.07, 6.45) is 3.10. The van der Waals surface area contributed by atoms with Crippen LogP contribution in [0, 0.1) is 5.92 Å². The fraction of sp³-hybridized carbons (Fsp3) is 0.368. The molecule has 5 heteroatoms. The minimum absolute atomic E-state index is 0.201. The van der Waals surface area contributed by atoms with Crippen molar-refractivity contribution in [3.05, 3.63) is 54.6 Å². The van der Waals surface area contributed by atoms with Crippen LogP contribution in [0.15, 0.2) is 59.5 Å². The number of rotatable bonds is 5. The van der Waals surface area contributed by atoms with Crippen molar-refractivity contribution in [1.29, 1.82) is 0 Å². The molecule has 1 aliphatic carbocycles. The summed E-state index contributed by atoms with van der Waals surface area (Å²) in [5.74, 6) is 0.201. The van der Waals surface area contributed by atoms with Crippen molar-refractivity contribution in [2.75, 3.05) is 6.54 Å². The second kappa shape index (κ2) is 7.47. The molecule has 0 bridgehead atoms. The van der Waals surface area contributed by atoms with Crippen molar-refractivity contribution in [3.63, 3.8) is 0 Å². The molecule has 0 saturated heterocycles. The Labute approximate surface area is 143 Å². The van der Waals surface area contributed by atoms with Gasteiger partial charge in [0.1, 0.15) is 0 Å². The summed E-state index contributed by atoms with van der Waals surface area (Å²) in [5, 5.41) is 9.74. The zero-order chi connectivity index (χ0) is 17.0. The van der Waals surface area contributed by atoms with E-state index < -0.39 is 10.0 Å². The molecule has 4 nitrogen and oxygen atoms in total. The standard InChI is InChI=1S/C19H23NO3S/c21-17-10-6-7-15(13-17)14-20-24(22,23)19-12-5-4-11-18(19)16-8-2-1-3-9-16/h1-5,8-9,11-12,15,17,20-21H,6-7,10,13-14H2. The quantitative estimate of drug-likeness (QED) is 0.875. The zero-order valence-corrected chi connectivity index (χ0v) is 14.4. The molecule has 1 fully saturated rings. The average molecular weight is 345 g/mol. The second-order valence-corrected chi connectivity index (χ2v) is 8.14. The summed E-state index contributed by atoms with van der Waals surface area (Å²) >= 11 is 0. The molecular weight excluding hydrogens is 322 g/mol. The van der Waals surface area contributed by atoms with Gasteiger partial charge in [-0.3, -0.25) is 0 Å². The van der Waals surface area contributed by atoms with Crippen LogP contribution in [-0.4, -0.2) is 26.2 Å². The van der Waals surface area contributed by atoms with Gasteiger partial charge in [-0.05, 0) is 36.8 Å². The number of nitrogens with one attached hydrogen (secondary N) is 1. The topological polar surface area (TPSA) is 66.4 Å². The molecule has 1 aliphatic rings. The van der Waals surface area contributed by atoms with Crippen LogP contribution in [0.3, 0.4) is 0 Å². The predicted molar refractivity (Wildman–Crippen MR) is 95.0 cm³/mol. The Balaban J connectivity index is 1.80. The first-order valence-corrected chi connectivity index (χ1v) is 9.87. The van der Waals surface area contributed by atoms with Gasteiger partial charge in [0.25, 0.3) is 0 Å². The number of sulfonamides is 1. The molecule has 0 aliphatic heterocycles. The van der Waals surface area contributed by atoms with Gasteiger partial charge >= 0.3 is 0 Å². The molecule has 0 radical (unpaired) electrons. The van der Waals surface area contributed by atoms with Gasteiger partial charge in [-0.2, -0.15) is 0 Å². The van der Waals surface area contributed by atoms with Crippen molar-refractivity contribution in [1.82, 2.24) is 4.72 Å². The van der Waals surface area contributed by atoms with Crippen molar-refractivity contribution in [2.45, 2.75) is 36.7 Å². The smallest absolute Gasteiger partial charge is 0.241 e. The van der Waals surface area contributed by atoms with Crippen LogP contribution in [-0.2, 0) is 10.0 Å². The molecule has 2 aromatic rings. The first kappa shape index (κ1) is 17.1. The molecule has 3 rings (SSSR count). The van der Waals surface area contributed by atoms with Gasteiger partial charge in [0.2, 0.25) is 10.0 Å². The lowest BCUT2D eigenvalue weighted by atomic mass is 9.87. The van der Waals surface area contributed by atoms with Crippen LogP contribution in [0.25, 0.3) is 11.1 Å². The number of aliphatic hydroxyl groups is 1. The molecule has 0 heterocycles. The van der Waals surface area contributed by atoms with Gasteiger partial charge in [-0.1, -0.05) is 55.0 Å². The molecule has 2 aromatic carbocycles. The third-order valence-corrected chi connectivity index (χ3v) is 6.06. The number of aliphatic hydroxyl groups excluding tert-OH is 1. The number of hydrogen-bond acceptors (Lipinski definition) is 3. The van der Waals surface area contributed by atoms with Crippen LogP contribution < -0.4 is 4.72 Å². The Bertz CT molecular complexity index is 774. The molecule has 2 atom stereocenters. The molecule has 128 valence electrons. The number of benzene rings is 2. The monoisotopic (exact) mass is 345 g/mol. The van der Waals surface area contributed by atoms with Gasteiger partial charge in [0.15, 0.2) is 0 Å². The Morgan fingerprint density at radius 2 is 1.71 bits per heavy atom. The van der Waals surface area contributed by atoms with E-state index in [0.29, 0.717) is 23.4 Å². The summed E-state index contributed by atoms with van der Waals surface area (Å²) in [4.78, 5) is 0.299. The Morgan fingerprint density at radius 3 is 2.46 bits per heavy atom. The van der Waals surface area contributed by atoms with Gasteiger partial charge < -0.3 is 5.11 Å². The molecule has 0 amide bonds. The van der Waals surface area contributed by atoms with E-state index in [1.807, 2.05) is 42.5 Å². The lowest BCUT2D eigenvalue weighted by Gasteiger charge is -2.26. The minimum Gasteiger partial charge on any atom is -0.393 e. The highest BCUT2D eigenvalue weighted by Gasteiger charge is 2.24. The largest absolute Gasteiger partial charge is 0.393 e. The summed E-state index contributed by atoms with van der Waals surface area (Å²) < 4.78 is 28.3. The fourth-order valence-electron chi connectivity index (χ4n) is 3.31. The van der Waals surface area contributed by atoms with E-state index in [0.717, 1.165) is 24.8 Å².